The highest BCUT2D eigenvalue weighted by Gasteiger charge is 2.11. The molecule has 2 aromatic rings. The van der Waals surface area contributed by atoms with Crippen LogP contribution in [0.1, 0.15) is 22.8 Å². The molecular weight excluding hydrogens is 318 g/mol. The summed E-state index contributed by atoms with van der Waals surface area (Å²) in [5.74, 6) is -0.176. The van der Waals surface area contributed by atoms with Crippen LogP contribution < -0.4 is 10.6 Å². The van der Waals surface area contributed by atoms with Gasteiger partial charge in [0.1, 0.15) is 0 Å². The van der Waals surface area contributed by atoms with E-state index in [9.17, 15) is 4.79 Å². The first-order valence-corrected chi connectivity index (χ1v) is 7.16. The van der Waals surface area contributed by atoms with Crippen LogP contribution in [0.4, 0.5) is 11.4 Å². The fourth-order valence-electron chi connectivity index (χ4n) is 1.79. The van der Waals surface area contributed by atoms with Gasteiger partial charge in [0.2, 0.25) is 0 Å². The van der Waals surface area contributed by atoms with Crippen molar-refractivity contribution in [3.05, 3.63) is 52.3 Å². The number of carbonyl (C=O) groups is 1. The number of rotatable bonds is 4. The van der Waals surface area contributed by atoms with E-state index in [0.717, 1.165) is 28.0 Å². The molecule has 0 spiro atoms. The topological polar surface area (TPSA) is 54.0 Å². The summed E-state index contributed by atoms with van der Waals surface area (Å²) in [6.07, 6.45) is 3.23. The third-order valence-electron chi connectivity index (χ3n) is 2.86. The first-order chi connectivity index (χ1) is 9.61. The van der Waals surface area contributed by atoms with Gasteiger partial charge in [0.05, 0.1) is 11.3 Å². The molecular formula is C15H16BrN3O. The number of pyridine rings is 1. The molecule has 1 heterocycles. The molecule has 0 aliphatic heterocycles. The number of nitrogens with zero attached hydrogens (tertiary/aromatic N) is 1. The van der Waals surface area contributed by atoms with Crippen LogP contribution in [0.2, 0.25) is 0 Å². The van der Waals surface area contributed by atoms with E-state index in [1.165, 1.54) is 0 Å². The van der Waals surface area contributed by atoms with E-state index in [0.29, 0.717) is 5.56 Å². The van der Waals surface area contributed by atoms with Gasteiger partial charge in [-0.1, -0.05) is 22.0 Å². The second-order valence-corrected chi connectivity index (χ2v) is 5.22. The smallest absolute Gasteiger partial charge is 0.259 e. The van der Waals surface area contributed by atoms with Gasteiger partial charge in [-0.05, 0) is 37.6 Å². The minimum atomic E-state index is -0.176. The second-order valence-electron chi connectivity index (χ2n) is 4.37. The number of amides is 1. The lowest BCUT2D eigenvalue weighted by Crippen LogP contribution is -2.15. The van der Waals surface area contributed by atoms with E-state index in [1.54, 1.807) is 18.5 Å². The fourth-order valence-corrected chi connectivity index (χ4v) is 2.17. The summed E-state index contributed by atoms with van der Waals surface area (Å²) in [5.41, 5.74) is 3.19. The van der Waals surface area contributed by atoms with Crippen molar-refractivity contribution in [2.75, 3.05) is 17.2 Å². The number of carbonyl (C=O) groups excluding carboxylic acids is 1. The molecule has 4 nitrogen and oxygen atoms in total. The predicted octanol–water partition coefficient (Wildman–Crippen LogP) is 3.84. The third-order valence-corrected chi connectivity index (χ3v) is 3.72. The molecule has 2 N–H and O–H groups in total. The maximum atomic E-state index is 12.3. The number of hydrogen-bond acceptors (Lipinski definition) is 3. The number of anilines is 2. The zero-order valence-electron chi connectivity index (χ0n) is 11.4. The molecule has 5 heteroatoms. The number of halogens is 1. The van der Waals surface area contributed by atoms with Crippen LogP contribution in [0.3, 0.4) is 0 Å². The first-order valence-electron chi connectivity index (χ1n) is 6.37. The highest BCUT2D eigenvalue weighted by molar-refractivity contribution is 9.10. The normalized spacial score (nSPS) is 10.2. The van der Waals surface area contributed by atoms with E-state index in [2.05, 4.69) is 31.5 Å². The monoisotopic (exact) mass is 333 g/mol. The minimum Gasteiger partial charge on any atom is -0.385 e. The van der Waals surface area contributed by atoms with Gasteiger partial charge in [-0.3, -0.25) is 9.78 Å². The Kier molecular flexibility index (Phi) is 4.74. The van der Waals surface area contributed by atoms with Gasteiger partial charge in [0.25, 0.3) is 5.91 Å². The van der Waals surface area contributed by atoms with Crippen molar-refractivity contribution in [2.24, 2.45) is 0 Å². The molecule has 0 aliphatic rings. The number of hydrogen-bond donors (Lipinski definition) is 2. The fraction of sp³-hybridized carbons (Fsp3) is 0.200. The van der Waals surface area contributed by atoms with E-state index in [4.69, 9.17) is 0 Å². The summed E-state index contributed by atoms with van der Waals surface area (Å²) in [4.78, 5) is 16.3. The van der Waals surface area contributed by atoms with Gasteiger partial charge in [0, 0.05) is 29.1 Å². The molecule has 0 saturated heterocycles. The highest BCUT2D eigenvalue weighted by atomic mass is 79.9. The van der Waals surface area contributed by atoms with Crippen LogP contribution >= 0.6 is 15.9 Å². The molecule has 2 rings (SSSR count). The Balaban J connectivity index is 2.21. The van der Waals surface area contributed by atoms with Gasteiger partial charge < -0.3 is 10.6 Å². The van der Waals surface area contributed by atoms with Crippen molar-refractivity contribution in [1.82, 2.24) is 4.98 Å². The van der Waals surface area contributed by atoms with Crippen molar-refractivity contribution in [2.45, 2.75) is 13.8 Å². The van der Waals surface area contributed by atoms with Crippen molar-refractivity contribution in [3.8, 4) is 0 Å². The minimum absolute atomic E-state index is 0.176. The maximum Gasteiger partial charge on any atom is 0.259 e. The molecule has 0 saturated carbocycles. The van der Waals surface area contributed by atoms with Gasteiger partial charge in [-0.15, -0.1) is 0 Å². The average molecular weight is 334 g/mol. The molecule has 0 unspecified atom stereocenters. The van der Waals surface area contributed by atoms with Gasteiger partial charge in [0.15, 0.2) is 0 Å². The van der Waals surface area contributed by atoms with Crippen LogP contribution in [0.25, 0.3) is 0 Å². The molecule has 0 radical (unpaired) electrons. The van der Waals surface area contributed by atoms with E-state index in [1.807, 2.05) is 32.0 Å². The summed E-state index contributed by atoms with van der Waals surface area (Å²) in [6, 6.07) is 7.51. The van der Waals surface area contributed by atoms with E-state index >= 15 is 0 Å². The second kappa shape index (κ2) is 6.52. The zero-order valence-corrected chi connectivity index (χ0v) is 13.0. The number of aromatic nitrogens is 1. The Morgan fingerprint density at radius 1 is 1.35 bits per heavy atom. The Morgan fingerprint density at radius 3 is 2.85 bits per heavy atom. The van der Waals surface area contributed by atoms with Gasteiger partial charge in [-0.25, -0.2) is 0 Å². The largest absolute Gasteiger partial charge is 0.385 e. The van der Waals surface area contributed by atoms with Gasteiger partial charge in [-0.2, -0.15) is 0 Å². The van der Waals surface area contributed by atoms with Crippen molar-refractivity contribution >= 4 is 33.2 Å². The molecule has 1 amide bonds. The SMILES string of the molecule is CCNc1ccncc1C(=O)Nc1ccc(C)c(Br)c1. The zero-order chi connectivity index (χ0) is 14.5. The molecule has 0 bridgehead atoms. The highest BCUT2D eigenvalue weighted by Crippen LogP contribution is 2.22. The molecule has 1 aromatic carbocycles. The van der Waals surface area contributed by atoms with Crippen LogP contribution in [0.15, 0.2) is 41.1 Å². The standard InChI is InChI=1S/C15H16BrN3O/c1-3-18-14-6-7-17-9-12(14)15(20)19-11-5-4-10(2)13(16)8-11/h4-9H,3H2,1-2H3,(H,17,18)(H,19,20). The van der Waals surface area contributed by atoms with E-state index in [-0.39, 0.29) is 5.91 Å². The molecule has 20 heavy (non-hydrogen) atoms. The first kappa shape index (κ1) is 14.5. The quantitative estimate of drug-likeness (QED) is 0.893. The Hall–Kier alpha value is -1.88. The number of nitrogens with one attached hydrogen (secondary N) is 2. The molecule has 1 aromatic heterocycles. The summed E-state index contributed by atoms with van der Waals surface area (Å²) in [7, 11) is 0. The molecule has 104 valence electrons. The lowest BCUT2D eigenvalue weighted by atomic mass is 10.2. The average Bonchev–Trinajstić information content (AvgIpc) is 2.44. The lowest BCUT2D eigenvalue weighted by molar-refractivity contribution is 0.102. The molecule has 0 atom stereocenters. The van der Waals surface area contributed by atoms with Crippen molar-refractivity contribution in [3.63, 3.8) is 0 Å². The summed E-state index contributed by atoms with van der Waals surface area (Å²) in [5, 5.41) is 6.03. The van der Waals surface area contributed by atoms with Crippen LogP contribution in [-0.2, 0) is 0 Å². The Bertz CT molecular complexity index is 628. The Morgan fingerprint density at radius 2 is 2.15 bits per heavy atom. The summed E-state index contributed by atoms with van der Waals surface area (Å²) >= 11 is 3.46. The predicted molar refractivity (Wildman–Crippen MR) is 85.2 cm³/mol. The molecule has 0 aliphatic carbocycles. The summed E-state index contributed by atoms with van der Waals surface area (Å²) in [6.45, 7) is 4.74. The molecule has 0 fully saturated rings. The number of benzene rings is 1. The third kappa shape index (κ3) is 3.36. The van der Waals surface area contributed by atoms with Crippen molar-refractivity contribution < 1.29 is 4.79 Å². The van der Waals surface area contributed by atoms with Crippen LogP contribution in [-0.4, -0.2) is 17.4 Å². The Labute approximate surface area is 126 Å². The van der Waals surface area contributed by atoms with Gasteiger partial charge >= 0.3 is 0 Å². The number of aryl methyl sites for hydroxylation is 1. The lowest BCUT2D eigenvalue weighted by Gasteiger charge is -2.11. The van der Waals surface area contributed by atoms with Crippen molar-refractivity contribution in [1.29, 1.82) is 0 Å². The van der Waals surface area contributed by atoms with Crippen LogP contribution in [0, 0.1) is 6.92 Å². The van der Waals surface area contributed by atoms with E-state index < -0.39 is 0 Å². The summed E-state index contributed by atoms with van der Waals surface area (Å²) < 4.78 is 0.966. The maximum absolute atomic E-state index is 12.3. The van der Waals surface area contributed by atoms with Crippen LogP contribution in [0.5, 0.6) is 0 Å².